The maximum absolute atomic E-state index is 12.3. The lowest BCUT2D eigenvalue weighted by Crippen LogP contribution is -2.50. The molecule has 0 unspecified atom stereocenters. The van der Waals surface area contributed by atoms with Crippen LogP contribution in [0.1, 0.15) is 5.56 Å². The third kappa shape index (κ3) is 5.62. The molecule has 0 aromatic heterocycles. The van der Waals surface area contributed by atoms with Crippen LogP contribution in [-0.2, 0) is 11.3 Å². The Balaban J connectivity index is 1.12. The van der Waals surface area contributed by atoms with Crippen LogP contribution in [0.25, 0.3) is 0 Å². The molecule has 0 saturated carbocycles. The second-order valence-electron chi connectivity index (χ2n) is 7.24. The van der Waals surface area contributed by atoms with Crippen LogP contribution in [-0.4, -0.2) is 68.4 Å². The van der Waals surface area contributed by atoms with Gasteiger partial charge >= 0.3 is 0 Å². The summed E-state index contributed by atoms with van der Waals surface area (Å²) in [4.78, 5) is 16.9. The highest BCUT2D eigenvalue weighted by molar-refractivity contribution is 5.78. The van der Waals surface area contributed by atoms with Crippen molar-refractivity contribution in [2.45, 2.75) is 6.54 Å². The number of fused-ring (bicyclic) bond motifs is 1. The van der Waals surface area contributed by atoms with Gasteiger partial charge in [0.05, 0.1) is 6.54 Å². The Kier molecular flexibility index (Phi) is 6.49. The molecule has 1 saturated heterocycles. The molecule has 0 spiro atoms. The van der Waals surface area contributed by atoms with Crippen LogP contribution in [0.15, 0.2) is 48.5 Å². The maximum Gasteiger partial charge on any atom is 0.234 e. The van der Waals surface area contributed by atoms with Gasteiger partial charge < -0.3 is 19.5 Å². The van der Waals surface area contributed by atoms with Crippen LogP contribution < -0.4 is 19.5 Å². The molecule has 4 rings (SSSR count). The molecule has 0 aliphatic carbocycles. The van der Waals surface area contributed by atoms with E-state index in [1.54, 1.807) is 0 Å². The average Bonchev–Trinajstić information content (AvgIpc) is 3.22. The molecule has 0 radical (unpaired) electrons. The van der Waals surface area contributed by atoms with Gasteiger partial charge in [-0.3, -0.25) is 14.6 Å². The van der Waals surface area contributed by atoms with Crippen molar-refractivity contribution < 1.29 is 19.0 Å². The number of benzene rings is 2. The molecule has 1 amide bonds. The number of nitrogens with one attached hydrogen (secondary N) is 1. The van der Waals surface area contributed by atoms with E-state index in [9.17, 15) is 4.79 Å². The van der Waals surface area contributed by atoms with Crippen LogP contribution in [0.3, 0.4) is 0 Å². The standard InChI is InChI=1S/C22H27N3O4/c26-22(23-15-18-6-7-20-21(14-18)29-17-28-20)16-25-10-8-24(9-11-25)12-13-27-19-4-2-1-3-5-19/h1-7,14H,8-13,15-17H2,(H,23,26). The number of carbonyl (C=O) groups excluding carboxylic acids is 1. The van der Waals surface area contributed by atoms with Gasteiger partial charge in [0, 0.05) is 39.3 Å². The summed E-state index contributed by atoms with van der Waals surface area (Å²) < 4.78 is 16.4. The smallest absolute Gasteiger partial charge is 0.234 e. The van der Waals surface area contributed by atoms with Crippen molar-refractivity contribution in [3.8, 4) is 17.2 Å². The van der Waals surface area contributed by atoms with Gasteiger partial charge in [-0.1, -0.05) is 24.3 Å². The number of piperazine rings is 1. The average molecular weight is 397 g/mol. The van der Waals surface area contributed by atoms with Gasteiger partial charge in [0.25, 0.3) is 0 Å². The molecule has 1 fully saturated rings. The molecule has 0 atom stereocenters. The Morgan fingerprint density at radius 2 is 1.72 bits per heavy atom. The highest BCUT2D eigenvalue weighted by atomic mass is 16.7. The molecular weight excluding hydrogens is 370 g/mol. The number of hydrogen-bond acceptors (Lipinski definition) is 6. The minimum Gasteiger partial charge on any atom is -0.492 e. The van der Waals surface area contributed by atoms with Crippen molar-refractivity contribution >= 4 is 5.91 Å². The highest BCUT2D eigenvalue weighted by Gasteiger charge is 2.19. The van der Waals surface area contributed by atoms with Crippen molar-refractivity contribution in [3.05, 3.63) is 54.1 Å². The van der Waals surface area contributed by atoms with Crippen molar-refractivity contribution in [2.75, 3.05) is 52.7 Å². The molecule has 7 heteroatoms. The molecular formula is C22H27N3O4. The van der Waals surface area contributed by atoms with Crippen molar-refractivity contribution in [1.29, 1.82) is 0 Å². The van der Waals surface area contributed by atoms with Crippen LogP contribution in [0.4, 0.5) is 0 Å². The van der Waals surface area contributed by atoms with E-state index in [1.807, 2.05) is 48.5 Å². The quantitative estimate of drug-likeness (QED) is 0.732. The summed E-state index contributed by atoms with van der Waals surface area (Å²) in [5.41, 5.74) is 1.01. The van der Waals surface area contributed by atoms with E-state index >= 15 is 0 Å². The summed E-state index contributed by atoms with van der Waals surface area (Å²) in [5, 5.41) is 2.99. The van der Waals surface area contributed by atoms with Gasteiger partial charge in [0.2, 0.25) is 12.7 Å². The van der Waals surface area contributed by atoms with E-state index in [4.69, 9.17) is 14.2 Å². The zero-order valence-corrected chi connectivity index (χ0v) is 16.5. The summed E-state index contributed by atoms with van der Waals surface area (Å²) in [6.45, 7) is 6.45. The van der Waals surface area contributed by atoms with E-state index in [-0.39, 0.29) is 12.7 Å². The van der Waals surface area contributed by atoms with Crippen LogP contribution in [0.5, 0.6) is 17.2 Å². The van der Waals surface area contributed by atoms with Crippen molar-refractivity contribution in [2.24, 2.45) is 0 Å². The van der Waals surface area contributed by atoms with E-state index in [1.165, 1.54) is 0 Å². The fraction of sp³-hybridized carbons (Fsp3) is 0.409. The number of ether oxygens (including phenoxy) is 3. The molecule has 1 N–H and O–H groups in total. The number of hydrogen-bond donors (Lipinski definition) is 1. The topological polar surface area (TPSA) is 63.3 Å². The van der Waals surface area contributed by atoms with Gasteiger partial charge in [0.15, 0.2) is 11.5 Å². The van der Waals surface area contributed by atoms with Crippen molar-refractivity contribution in [3.63, 3.8) is 0 Å². The Bertz CT molecular complexity index is 807. The third-order valence-electron chi connectivity index (χ3n) is 5.18. The van der Waals surface area contributed by atoms with Gasteiger partial charge in [0.1, 0.15) is 12.4 Å². The van der Waals surface area contributed by atoms with E-state index in [0.29, 0.717) is 19.7 Å². The summed E-state index contributed by atoms with van der Waals surface area (Å²) >= 11 is 0. The lowest BCUT2D eigenvalue weighted by molar-refractivity contribution is -0.122. The summed E-state index contributed by atoms with van der Waals surface area (Å²) in [6.07, 6.45) is 0. The summed E-state index contributed by atoms with van der Waals surface area (Å²) in [7, 11) is 0. The number of rotatable bonds is 8. The predicted molar refractivity (Wildman–Crippen MR) is 109 cm³/mol. The Morgan fingerprint density at radius 1 is 0.966 bits per heavy atom. The highest BCUT2D eigenvalue weighted by Crippen LogP contribution is 2.32. The van der Waals surface area contributed by atoms with Gasteiger partial charge in [-0.2, -0.15) is 0 Å². The van der Waals surface area contributed by atoms with Gasteiger partial charge in [-0.05, 0) is 29.8 Å². The monoisotopic (exact) mass is 397 g/mol. The van der Waals surface area contributed by atoms with E-state index in [0.717, 1.165) is 55.5 Å². The zero-order chi connectivity index (χ0) is 19.9. The van der Waals surface area contributed by atoms with E-state index < -0.39 is 0 Å². The fourth-order valence-electron chi connectivity index (χ4n) is 3.49. The zero-order valence-electron chi connectivity index (χ0n) is 16.5. The van der Waals surface area contributed by atoms with Crippen molar-refractivity contribution in [1.82, 2.24) is 15.1 Å². The number of amides is 1. The first kappa shape index (κ1) is 19.5. The largest absolute Gasteiger partial charge is 0.492 e. The van der Waals surface area contributed by atoms with Crippen LogP contribution in [0, 0.1) is 0 Å². The molecule has 154 valence electrons. The van der Waals surface area contributed by atoms with E-state index in [2.05, 4.69) is 15.1 Å². The van der Waals surface area contributed by atoms with Crippen LogP contribution >= 0.6 is 0 Å². The molecule has 2 aromatic carbocycles. The first-order chi connectivity index (χ1) is 14.3. The Morgan fingerprint density at radius 3 is 2.55 bits per heavy atom. The minimum atomic E-state index is 0.0449. The molecule has 2 aliphatic heterocycles. The molecule has 0 bridgehead atoms. The normalized spacial score (nSPS) is 16.6. The second-order valence-corrected chi connectivity index (χ2v) is 7.24. The molecule has 2 aliphatic rings. The molecule has 29 heavy (non-hydrogen) atoms. The number of nitrogens with zero attached hydrogens (tertiary/aromatic N) is 2. The minimum absolute atomic E-state index is 0.0449. The lowest BCUT2D eigenvalue weighted by Gasteiger charge is -2.34. The SMILES string of the molecule is O=C(CN1CCN(CCOc2ccccc2)CC1)NCc1ccc2c(c1)OCO2. The third-order valence-corrected chi connectivity index (χ3v) is 5.18. The number of para-hydroxylation sites is 1. The molecule has 7 nitrogen and oxygen atoms in total. The van der Waals surface area contributed by atoms with Gasteiger partial charge in [-0.15, -0.1) is 0 Å². The lowest BCUT2D eigenvalue weighted by atomic mass is 10.2. The Hall–Kier alpha value is -2.77. The van der Waals surface area contributed by atoms with Gasteiger partial charge in [-0.25, -0.2) is 0 Å². The Labute approximate surface area is 171 Å². The second kappa shape index (κ2) is 9.62. The number of carbonyl (C=O) groups is 1. The molecule has 2 aromatic rings. The summed E-state index contributed by atoms with van der Waals surface area (Å²) in [6, 6.07) is 15.6. The first-order valence-corrected chi connectivity index (χ1v) is 10.0. The van der Waals surface area contributed by atoms with Crippen LogP contribution in [0.2, 0.25) is 0 Å². The first-order valence-electron chi connectivity index (χ1n) is 10.0. The summed E-state index contributed by atoms with van der Waals surface area (Å²) in [5.74, 6) is 2.45. The fourth-order valence-corrected chi connectivity index (χ4v) is 3.49. The maximum atomic E-state index is 12.3. The molecule has 2 heterocycles. The predicted octanol–water partition coefficient (Wildman–Crippen LogP) is 1.73.